The van der Waals surface area contributed by atoms with Gasteiger partial charge < -0.3 is 5.21 Å². The number of halogens is 1. The number of nitrogens with zero attached hydrogens (tertiary/aromatic N) is 1. The molecule has 0 saturated heterocycles. The van der Waals surface area contributed by atoms with E-state index in [2.05, 4.69) is 27.7 Å². The van der Waals surface area contributed by atoms with E-state index in [0.29, 0.717) is 0 Å². The normalized spacial score (nSPS) is 12.8. The molecular weight excluding hydrogens is 289 g/mol. The van der Waals surface area contributed by atoms with Crippen molar-refractivity contribution in [1.29, 1.82) is 0 Å². The van der Waals surface area contributed by atoms with E-state index in [4.69, 9.17) is 5.21 Å². The maximum atomic E-state index is 8.14. The average molecular weight is 299 g/mol. The third-order valence-corrected chi connectivity index (χ3v) is 2.54. The monoisotopic (exact) mass is 299 g/mol. The first kappa shape index (κ1) is 11.0. The molecule has 0 spiro atoms. The Bertz CT molecular complexity index is 355. The number of hydrogen-bond donors (Lipinski definition) is 1. The maximum absolute atomic E-state index is 8.14. The minimum absolute atomic E-state index is 1.14. The summed E-state index contributed by atoms with van der Waals surface area (Å²) < 4.78 is 1.14. The number of allylic oxidation sites excluding steroid dienone is 3. The third-order valence-electron chi connectivity index (χ3n) is 1.56. The lowest BCUT2D eigenvalue weighted by molar-refractivity contribution is 0.322. The van der Waals surface area contributed by atoms with Crippen LogP contribution < -0.4 is 0 Å². The predicted molar refractivity (Wildman–Crippen MR) is 67.9 cm³/mol. The Hall–Kier alpha value is -1.10. The van der Waals surface area contributed by atoms with Crippen LogP contribution in [0.5, 0.6) is 0 Å². The van der Waals surface area contributed by atoms with Crippen LogP contribution in [0, 0.1) is 0 Å². The Kier molecular flexibility index (Phi) is 4.99. The van der Waals surface area contributed by atoms with Crippen LogP contribution in [-0.2, 0) is 0 Å². The zero-order valence-electron chi connectivity index (χ0n) is 7.47. The summed E-state index contributed by atoms with van der Waals surface area (Å²) in [6.07, 6.45) is 6.78. The molecular formula is C11H10INO. The molecule has 0 heterocycles. The van der Waals surface area contributed by atoms with Crippen molar-refractivity contribution < 1.29 is 5.21 Å². The van der Waals surface area contributed by atoms with Gasteiger partial charge in [-0.1, -0.05) is 41.6 Å². The summed E-state index contributed by atoms with van der Waals surface area (Å²) in [6, 6.07) is 10.1. The summed E-state index contributed by atoms with van der Waals surface area (Å²) >= 11 is 2.26. The van der Waals surface area contributed by atoms with Gasteiger partial charge in [-0.2, -0.15) is 0 Å². The van der Waals surface area contributed by atoms with Crippen molar-refractivity contribution in [3.8, 4) is 0 Å². The largest absolute Gasteiger partial charge is 0.411 e. The number of hydrogen-bond acceptors (Lipinski definition) is 2. The molecule has 0 amide bonds. The zero-order chi connectivity index (χ0) is 10.2. The molecule has 0 unspecified atom stereocenters. The van der Waals surface area contributed by atoms with E-state index in [1.165, 1.54) is 11.8 Å². The van der Waals surface area contributed by atoms with Gasteiger partial charge in [0.15, 0.2) is 0 Å². The lowest BCUT2D eigenvalue weighted by atomic mass is 10.2. The molecule has 0 fully saturated rings. The maximum Gasteiger partial charge on any atom is 0.0661 e. The van der Waals surface area contributed by atoms with E-state index >= 15 is 0 Å². The van der Waals surface area contributed by atoms with Crippen molar-refractivity contribution in [2.24, 2.45) is 5.16 Å². The Balaban J connectivity index is 2.70. The van der Waals surface area contributed by atoms with E-state index in [0.717, 1.165) is 3.58 Å². The SMILES string of the molecule is O/N=C/C=C\C=C(/I)c1ccccc1. The lowest BCUT2D eigenvalue weighted by Gasteiger charge is -1.95. The van der Waals surface area contributed by atoms with Crippen LogP contribution in [0.1, 0.15) is 5.56 Å². The zero-order valence-corrected chi connectivity index (χ0v) is 9.63. The summed E-state index contributed by atoms with van der Waals surface area (Å²) in [5.74, 6) is 0. The molecule has 0 aliphatic carbocycles. The molecule has 0 aliphatic heterocycles. The molecule has 1 rings (SSSR count). The highest BCUT2D eigenvalue weighted by Crippen LogP contribution is 2.20. The van der Waals surface area contributed by atoms with Crippen molar-refractivity contribution in [2.75, 3.05) is 0 Å². The molecule has 0 aliphatic rings. The van der Waals surface area contributed by atoms with Gasteiger partial charge in [0.25, 0.3) is 0 Å². The minimum Gasteiger partial charge on any atom is -0.411 e. The molecule has 0 bridgehead atoms. The van der Waals surface area contributed by atoms with Crippen molar-refractivity contribution in [3.05, 3.63) is 54.1 Å². The van der Waals surface area contributed by atoms with Crippen LogP contribution in [0.2, 0.25) is 0 Å². The molecule has 1 aromatic rings. The summed E-state index contributed by atoms with van der Waals surface area (Å²) in [5.41, 5.74) is 1.18. The van der Waals surface area contributed by atoms with Gasteiger partial charge in [-0.25, -0.2) is 0 Å². The number of benzene rings is 1. The Morgan fingerprint density at radius 3 is 2.57 bits per heavy atom. The fourth-order valence-corrected chi connectivity index (χ4v) is 1.49. The van der Waals surface area contributed by atoms with E-state index in [9.17, 15) is 0 Å². The highest BCUT2D eigenvalue weighted by Gasteiger charge is 1.92. The van der Waals surface area contributed by atoms with Crippen molar-refractivity contribution >= 4 is 32.4 Å². The van der Waals surface area contributed by atoms with Crippen LogP contribution >= 0.6 is 22.6 Å². The molecule has 14 heavy (non-hydrogen) atoms. The highest BCUT2D eigenvalue weighted by molar-refractivity contribution is 14.1. The second-order valence-electron chi connectivity index (χ2n) is 2.53. The first-order chi connectivity index (χ1) is 6.84. The second-order valence-corrected chi connectivity index (χ2v) is 3.69. The molecule has 0 aromatic heterocycles. The fourth-order valence-electron chi connectivity index (χ4n) is 0.922. The van der Waals surface area contributed by atoms with Gasteiger partial charge in [-0.05, 0) is 40.3 Å². The highest BCUT2D eigenvalue weighted by atomic mass is 127. The molecule has 0 saturated carbocycles. The van der Waals surface area contributed by atoms with Crippen LogP contribution in [0.25, 0.3) is 3.58 Å². The average Bonchev–Trinajstić information content (AvgIpc) is 2.25. The molecule has 1 aromatic carbocycles. The van der Waals surface area contributed by atoms with E-state index < -0.39 is 0 Å². The van der Waals surface area contributed by atoms with Gasteiger partial charge in [0.1, 0.15) is 0 Å². The summed E-state index contributed by atoms with van der Waals surface area (Å²) in [4.78, 5) is 0. The first-order valence-corrected chi connectivity index (χ1v) is 5.18. The molecule has 0 radical (unpaired) electrons. The minimum atomic E-state index is 1.14. The van der Waals surface area contributed by atoms with Gasteiger partial charge >= 0.3 is 0 Å². The summed E-state index contributed by atoms with van der Waals surface area (Å²) in [7, 11) is 0. The van der Waals surface area contributed by atoms with Crippen LogP contribution in [0.15, 0.2) is 53.7 Å². The molecule has 1 N–H and O–H groups in total. The third kappa shape index (κ3) is 3.74. The second kappa shape index (κ2) is 6.37. The number of oxime groups is 1. The first-order valence-electron chi connectivity index (χ1n) is 4.10. The predicted octanol–water partition coefficient (Wildman–Crippen LogP) is 3.48. The summed E-state index contributed by atoms with van der Waals surface area (Å²) in [5, 5.41) is 11.0. The van der Waals surface area contributed by atoms with Gasteiger partial charge in [0, 0.05) is 3.58 Å². The molecule has 3 heteroatoms. The quantitative estimate of drug-likeness (QED) is 0.299. The van der Waals surface area contributed by atoms with Gasteiger partial charge in [-0.15, -0.1) is 0 Å². The molecule has 72 valence electrons. The Morgan fingerprint density at radius 1 is 1.21 bits per heavy atom. The molecule has 2 nitrogen and oxygen atoms in total. The Labute approximate surface area is 96.8 Å². The molecule has 0 atom stereocenters. The van der Waals surface area contributed by atoms with Crippen molar-refractivity contribution in [3.63, 3.8) is 0 Å². The van der Waals surface area contributed by atoms with Crippen molar-refractivity contribution in [1.82, 2.24) is 0 Å². The van der Waals surface area contributed by atoms with E-state index in [-0.39, 0.29) is 0 Å². The van der Waals surface area contributed by atoms with E-state index in [1.54, 1.807) is 6.08 Å². The fraction of sp³-hybridized carbons (Fsp3) is 0. The lowest BCUT2D eigenvalue weighted by Crippen LogP contribution is -1.73. The van der Waals surface area contributed by atoms with Crippen LogP contribution in [0.3, 0.4) is 0 Å². The van der Waals surface area contributed by atoms with Gasteiger partial charge in [-0.3, -0.25) is 0 Å². The van der Waals surface area contributed by atoms with Gasteiger partial charge in [0.05, 0.1) is 6.21 Å². The Morgan fingerprint density at radius 2 is 1.93 bits per heavy atom. The van der Waals surface area contributed by atoms with Crippen LogP contribution in [-0.4, -0.2) is 11.4 Å². The van der Waals surface area contributed by atoms with Gasteiger partial charge in [0.2, 0.25) is 0 Å². The van der Waals surface area contributed by atoms with E-state index in [1.807, 2.05) is 42.5 Å². The standard InChI is InChI=1S/C11H10INO/c12-11(8-4-5-9-13-14)10-6-2-1-3-7-10/h1-9,14H/b5-4-,11-8-,13-9+. The summed E-state index contributed by atoms with van der Waals surface area (Å²) in [6.45, 7) is 0. The van der Waals surface area contributed by atoms with Crippen molar-refractivity contribution in [2.45, 2.75) is 0 Å². The smallest absolute Gasteiger partial charge is 0.0661 e. The topological polar surface area (TPSA) is 32.6 Å². The number of rotatable bonds is 3. The van der Waals surface area contributed by atoms with Crippen LogP contribution in [0.4, 0.5) is 0 Å².